The Kier molecular flexibility index (Phi) is 6.82. The third-order valence-electron chi connectivity index (χ3n) is 6.48. The summed E-state index contributed by atoms with van der Waals surface area (Å²) in [4.78, 5) is 35.5. The minimum absolute atomic E-state index is 0.187. The predicted molar refractivity (Wildman–Crippen MR) is 131 cm³/mol. The third-order valence-corrected chi connectivity index (χ3v) is 6.48. The first-order chi connectivity index (χ1) is 18.3. The first-order valence-corrected chi connectivity index (χ1v) is 11.8. The van der Waals surface area contributed by atoms with E-state index in [-0.39, 0.29) is 11.7 Å². The number of amides is 1. The standard InChI is InChI=1S/C27H21F2N3O6/c28-19-8-4-16(5-9-19)14-18-2-1-3-21-25(18)30-31(26(21)17-6-10-20(29)11-7-17)23(33)15-37-27(34)22-12-13-24(38-22)32(35)36/h4-14,21,26H,1-3,15H2. The van der Waals surface area contributed by atoms with Crippen LogP contribution in [0.25, 0.3) is 6.08 Å². The highest BCUT2D eigenvalue weighted by Crippen LogP contribution is 2.44. The average molecular weight is 521 g/mol. The van der Waals surface area contributed by atoms with E-state index >= 15 is 0 Å². The molecule has 1 aliphatic carbocycles. The number of fused-ring (bicyclic) bond motifs is 1. The zero-order chi connectivity index (χ0) is 26.8. The predicted octanol–water partition coefficient (Wildman–Crippen LogP) is 5.45. The van der Waals surface area contributed by atoms with Gasteiger partial charge in [0, 0.05) is 5.92 Å². The number of allylic oxidation sites excluding steroid dienone is 1. The van der Waals surface area contributed by atoms with Crippen LogP contribution in [0.4, 0.5) is 14.7 Å². The van der Waals surface area contributed by atoms with Crippen LogP contribution < -0.4 is 0 Å². The molecule has 0 spiro atoms. The molecule has 0 radical (unpaired) electrons. The molecule has 0 saturated heterocycles. The zero-order valence-electron chi connectivity index (χ0n) is 19.9. The van der Waals surface area contributed by atoms with E-state index in [0.717, 1.165) is 36.1 Å². The number of hydrazone groups is 1. The molecule has 38 heavy (non-hydrogen) atoms. The van der Waals surface area contributed by atoms with Crippen molar-refractivity contribution >= 4 is 29.5 Å². The topological polar surface area (TPSA) is 115 Å². The van der Waals surface area contributed by atoms with Crippen LogP contribution in [-0.4, -0.2) is 34.1 Å². The van der Waals surface area contributed by atoms with Crippen molar-refractivity contribution in [3.05, 3.63) is 105 Å². The number of carbonyl (C=O) groups is 2. The Morgan fingerprint density at radius 1 is 1.08 bits per heavy atom. The number of halogens is 2. The molecule has 2 heterocycles. The second-order valence-corrected chi connectivity index (χ2v) is 8.91. The lowest BCUT2D eigenvalue weighted by molar-refractivity contribution is -0.402. The SMILES string of the molecule is O=C(OCC(=O)N1N=C2C(=Cc3ccc(F)cc3)CCCC2C1c1ccc(F)cc1)c1ccc([N+](=O)[O-])o1. The second kappa shape index (κ2) is 10.4. The quantitative estimate of drug-likeness (QED) is 0.242. The van der Waals surface area contributed by atoms with Gasteiger partial charge in [-0.3, -0.25) is 14.9 Å². The maximum absolute atomic E-state index is 13.7. The maximum atomic E-state index is 13.7. The second-order valence-electron chi connectivity index (χ2n) is 8.91. The fourth-order valence-corrected chi connectivity index (χ4v) is 4.76. The summed E-state index contributed by atoms with van der Waals surface area (Å²) in [6.45, 7) is -0.689. The lowest BCUT2D eigenvalue weighted by Crippen LogP contribution is -2.34. The Hall–Kier alpha value is -4.67. The molecular formula is C27H21F2N3O6. The Balaban J connectivity index is 1.41. The van der Waals surface area contributed by atoms with E-state index in [9.17, 15) is 28.5 Å². The van der Waals surface area contributed by atoms with Gasteiger partial charge >= 0.3 is 11.9 Å². The Morgan fingerprint density at radius 2 is 1.76 bits per heavy atom. The smallest absolute Gasteiger partial charge is 0.433 e. The van der Waals surface area contributed by atoms with Gasteiger partial charge in [0.05, 0.1) is 17.8 Å². The molecule has 5 rings (SSSR count). The van der Waals surface area contributed by atoms with Crippen LogP contribution in [0.3, 0.4) is 0 Å². The van der Waals surface area contributed by atoms with Gasteiger partial charge in [0.2, 0.25) is 5.76 Å². The Morgan fingerprint density at radius 3 is 2.42 bits per heavy atom. The summed E-state index contributed by atoms with van der Waals surface area (Å²) in [6, 6.07) is 13.4. The largest absolute Gasteiger partial charge is 0.450 e. The molecule has 1 saturated carbocycles. The summed E-state index contributed by atoms with van der Waals surface area (Å²) in [5.41, 5.74) is 3.04. The van der Waals surface area contributed by atoms with E-state index < -0.39 is 46.9 Å². The van der Waals surface area contributed by atoms with E-state index in [1.54, 1.807) is 24.3 Å². The van der Waals surface area contributed by atoms with E-state index in [2.05, 4.69) is 5.10 Å². The lowest BCUT2D eigenvalue weighted by Gasteiger charge is -2.29. The lowest BCUT2D eigenvalue weighted by atomic mass is 9.77. The number of esters is 1. The molecule has 9 nitrogen and oxygen atoms in total. The first kappa shape index (κ1) is 25.0. The van der Waals surface area contributed by atoms with E-state index in [4.69, 9.17) is 9.15 Å². The number of nitro groups is 1. The van der Waals surface area contributed by atoms with Gasteiger partial charge in [0.25, 0.3) is 5.91 Å². The number of rotatable bonds is 6. The molecular weight excluding hydrogens is 500 g/mol. The minimum Gasteiger partial charge on any atom is -0.450 e. The average Bonchev–Trinajstić information content (AvgIpc) is 3.56. The van der Waals surface area contributed by atoms with Crippen molar-refractivity contribution in [3.63, 3.8) is 0 Å². The third kappa shape index (κ3) is 5.08. The maximum Gasteiger partial charge on any atom is 0.433 e. The minimum atomic E-state index is -1.04. The van der Waals surface area contributed by atoms with Gasteiger partial charge in [-0.25, -0.2) is 18.6 Å². The van der Waals surface area contributed by atoms with Crippen LogP contribution in [0.5, 0.6) is 0 Å². The van der Waals surface area contributed by atoms with Gasteiger partial charge in [-0.05, 0) is 72.4 Å². The zero-order valence-corrected chi connectivity index (χ0v) is 19.9. The molecule has 2 atom stereocenters. The van der Waals surface area contributed by atoms with Crippen LogP contribution in [0.1, 0.15) is 47.0 Å². The number of hydrogen-bond donors (Lipinski definition) is 0. The summed E-state index contributed by atoms with van der Waals surface area (Å²) < 4.78 is 36.9. The van der Waals surface area contributed by atoms with Crippen LogP contribution >= 0.6 is 0 Å². The number of carbonyl (C=O) groups excluding carboxylic acids is 2. The highest BCUT2D eigenvalue weighted by atomic mass is 19.1. The molecule has 2 unspecified atom stereocenters. The monoisotopic (exact) mass is 521 g/mol. The van der Waals surface area contributed by atoms with E-state index in [1.807, 2.05) is 6.08 Å². The van der Waals surface area contributed by atoms with Gasteiger partial charge < -0.3 is 9.15 Å². The summed E-state index contributed by atoms with van der Waals surface area (Å²) in [5.74, 6) is -3.66. The number of nitrogens with zero attached hydrogens (tertiary/aromatic N) is 3. The number of benzene rings is 2. The van der Waals surface area contributed by atoms with Crippen molar-refractivity contribution in [1.82, 2.24) is 5.01 Å². The highest BCUT2D eigenvalue weighted by molar-refractivity contribution is 6.08. The van der Waals surface area contributed by atoms with Crippen molar-refractivity contribution in [1.29, 1.82) is 0 Å². The van der Waals surface area contributed by atoms with E-state index in [0.29, 0.717) is 17.7 Å². The number of hydrogen-bond acceptors (Lipinski definition) is 7. The Labute approximate surface area is 215 Å². The fraction of sp³-hybridized carbons (Fsp3) is 0.222. The molecule has 1 aromatic heterocycles. The van der Waals surface area contributed by atoms with Crippen molar-refractivity contribution in [2.75, 3.05) is 6.61 Å². The van der Waals surface area contributed by atoms with Gasteiger partial charge in [-0.15, -0.1) is 0 Å². The molecule has 0 bridgehead atoms. The molecule has 194 valence electrons. The molecule has 0 N–H and O–H groups in total. The van der Waals surface area contributed by atoms with Crippen LogP contribution in [0.2, 0.25) is 0 Å². The van der Waals surface area contributed by atoms with Crippen molar-refractivity contribution in [3.8, 4) is 0 Å². The summed E-state index contributed by atoms with van der Waals surface area (Å²) in [5, 5.41) is 16.7. The Bertz CT molecular complexity index is 1450. The number of furan rings is 1. The molecule has 1 amide bonds. The fourth-order valence-electron chi connectivity index (χ4n) is 4.76. The van der Waals surface area contributed by atoms with Crippen LogP contribution in [0.15, 0.2) is 75.8 Å². The van der Waals surface area contributed by atoms with Crippen LogP contribution in [0, 0.1) is 27.7 Å². The van der Waals surface area contributed by atoms with Gasteiger partial charge in [0.1, 0.15) is 16.6 Å². The normalized spacial score (nSPS) is 19.7. The van der Waals surface area contributed by atoms with E-state index in [1.165, 1.54) is 29.3 Å². The highest BCUT2D eigenvalue weighted by Gasteiger charge is 2.44. The first-order valence-electron chi connectivity index (χ1n) is 11.8. The van der Waals surface area contributed by atoms with Crippen molar-refractivity contribution in [2.24, 2.45) is 11.0 Å². The van der Waals surface area contributed by atoms with Gasteiger partial charge in [0.15, 0.2) is 6.61 Å². The summed E-state index contributed by atoms with van der Waals surface area (Å²) in [7, 11) is 0. The molecule has 3 aromatic rings. The van der Waals surface area contributed by atoms with Crippen molar-refractivity contribution < 1.29 is 32.4 Å². The summed E-state index contributed by atoms with van der Waals surface area (Å²) >= 11 is 0. The molecule has 1 aliphatic heterocycles. The molecule has 2 aromatic carbocycles. The van der Waals surface area contributed by atoms with Gasteiger partial charge in [-0.1, -0.05) is 24.3 Å². The summed E-state index contributed by atoms with van der Waals surface area (Å²) in [6.07, 6.45) is 4.16. The molecule has 1 fully saturated rings. The molecule has 2 aliphatic rings. The molecule has 11 heteroatoms. The van der Waals surface area contributed by atoms with Crippen molar-refractivity contribution in [2.45, 2.75) is 25.3 Å². The van der Waals surface area contributed by atoms with Gasteiger partial charge in [-0.2, -0.15) is 5.10 Å². The van der Waals surface area contributed by atoms with Crippen LogP contribution in [-0.2, 0) is 9.53 Å². The number of ether oxygens (including phenoxy) is 1.